The number of carbonyl (C=O) groups is 1. The third-order valence-electron chi connectivity index (χ3n) is 4.01. The zero-order valence-electron chi connectivity index (χ0n) is 12.7. The third kappa shape index (κ3) is 3.24. The van der Waals surface area contributed by atoms with Crippen molar-refractivity contribution in [3.63, 3.8) is 0 Å². The Kier molecular flexibility index (Phi) is 4.32. The molecule has 0 unspecified atom stereocenters. The van der Waals surface area contributed by atoms with Crippen LogP contribution in [0.4, 0.5) is 11.6 Å². The molecule has 3 rings (SSSR count). The molecule has 0 spiro atoms. The van der Waals surface area contributed by atoms with Crippen molar-refractivity contribution >= 4 is 17.5 Å². The highest BCUT2D eigenvalue weighted by Gasteiger charge is 2.19. The topological polar surface area (TPSA) is 58.1 Å². The monoisotopic (exact) mass is 296 g/mol. The van der Waals surface area contributed by atoms with Crippen molar-refractivity contribution in [2.24, 2.45) is 0 Å². The summed E-state index contributed by atoms with van der Waals surface area (Å²) in [6, 6.07) is 11.8. The minimum Gasteiger partial charge on any atom is -0.348 e. The predicted octanol–water partition coefficient (Wildman–Crippen LogP) is 2.92. The average Bonchev–Trinajstić information content (AvgIpc) is 3.08. The molecule has 1 aliphatic carbocycles. The largest absolute Gasteiger partial charge is 0.348 e. The first-order valence-electron chi connectivity index (χ1n) is 7.67. The van der Waals surface area contributed by atoms with Crippen molar-refractivity contribution in [2.75, 3.05) is 11.9 Å². The van der Waals surface area contributed by atoms with Crippen molar-refractivity contribution in [1.29, 1.82) is 0 Å². The van der Waals surface area contributed by atoms with Crippen LogP contribution < -0.4 is 10.2 Å². The number of nitrogens with zero attached hydrogens (tertiary/aromatic N) is 3. The number of hydrogen-bond donors (Lipinski definition) is 1. The van der Waals surface area contributed by atoms with Gasteiger partial charge in [-0.05, 0) is 31.0 Å². The Labute approximate surface area is 130 Å². The molecule has 1 heterocycles. The molecule has 1 amide bonds. The van der Waals surface area contributed by atoms with Gasteiger partial charge in [0.25, 0.3) is 5.91 Å². The number of para-hydroxylation sites is 1. The number of benzene rings is 1. The number of aromatic nitrogens is 2. The van der Waals surface area contributed by atoms with Gasteiger partial charge in [-0.2, -0.15) is 0 Å². The van der Waals surface area contributed by atoms with Crippen LogP contribution >= 0.6 is 0 Å². The first-order valence-corrected chi connectivity index (χ1v) is 7.67. The first-order chi connectivity index (χ1) is 10.7. The molecule has 5 heteroatoms. The number of nitrogens with one attached hydrogen (secondary N) is 1. The fraction of sp³-hybridized carbons (Fsp3) is 0.353. The van der Waals surface area contributed by atoms with E-state index in [9.17, 15) is 4.79 Å². The maximum atomic E-state index is 12.3. The van der Waals surface area contributed by atoms with Gasteiger partial charge in [0, 0.05) is 25.0 Å². The molecule has 1 N–H and O–H groups in total. The highest BCUT2D eigenvalue weighted by Crippen LogP contribution is 2.20. The Balaban J connectivity index is 1.75. The Bertz CT molecular complexity index is 638. The Morgan fingerprint density at radius 1 is 1.18 bits per heavy atom. The van der Waals surface area contributed by atoms with E-state index < -0.39 is 0 Å². The Morgan fingerprint density at radius 2 is 1.91 bits per heavy atom. The highest BCUT2D eigenvalue weighted by molar-refractivity contribution is 5.92. The molecular formula is C17H20N4O. The van der Waals surface area contributed by atoms with E-state index in [1.165, 1.54) is 12.8 Å². The molecule has 0 radical (unpaired) electrons. The Morgan fingerprint density at radius 3 is 2.64 bits per heavy atom. The standard InChI is InChI=1S/C17H20N4O/c1-21(14-9-3-2-4-10-14)17-18-12-11-15(20-17)16(22)19-13-7-5-6-8-13/h2-4,9-13H,5-8H2,1H3,(H,19,22). The molecule has 114 valence electrons. The lowest BCUT2D eigenvalue weighted by molar-refractivity contribution is 0.0932. The third-order valence-corrected chi connectivity index (χ3v) is 4.01. The molecule has 22 heavy (non-hydrogen) atoms. The van der Waals surface area contributed by atoms with Gasteiger partial charge in [0.05, 0.1) is 0 Å². The van der Waals surface area contributed by atoms with Crippen LogP contribution in [0.2, 0.25) is 0 Å². The van der Waals surface area contributed by atoms with Gasteiger partial charge in [0.1, 0.15) is 5.69 Å². The number of carbonyl (C=O) groups excluding carboxylic acids is 1. The lowest BCUT2D eigenvalue weighted by Crippen LogP contribution is -2.33. The van der Waals surface area contributed by atoms with Gasteiger partial charge in [-0.3, -0.25) is 4.79 Å². The fourth-order valence-corrected chi connectivity index (χ4v) is 2.73. The van der Waals surface area contributed by atoms with Crippen molar-refractivity contribution in [2.45, 2.75) is 31.7 Å². The van der Waals surface area contributed by atoms with Crippen molar-refractivity contribution in [3.05, 3.63) is 48.3 Å². The van der Waals surface area contributed by atoms with Gasteiger partial charge in [0.15, 0.2) is 0 Å². The van der Waals surface area contributed by atoms with Gasteiger partial charge in [-0.1, -0.05) is 31.0 Å². The van der Waals surface area contributed by atoms with Crippen LogP contribution in [-0.4, -0.2) is 29.0 Å². The highest BCUT2D eigenvalue weighted by atomic mass is 16.1. The summed E-state index contributed by atoms with van der Waals surface area (Å²) in [5.74, 6) is 0.405. The summed E-state index contributed by atoms with van der Waals surface area (Å²) in [7, 11) is 1.89. The molecule has 0 aliphatic heterocycles. The van der Waals surface area contributed by atoms with Crippen molar-refractivity contribution in [1.82, 2.24) is 15.3 Å². The number of amides is 1. The van der Waals surface area contributed by atoms with E-state index >= 15 is 0 Å². The molecule has 1 aromatic carbocycles. The zero-order valence-corrected chi connectivity index (χ0v) is 12.7. The maximum Gasteiger partial charge on any atom is 0.270 e. The van der Waals surface area contributed by atoms with E-state index in [0.29, 0.717) is 11.6 Å². The van der Waals surface area contributed by atoms with Gasteiger partial charge in [-0.15, -0.1) is 0 Å². The average molecular weight is 296 g/mol. The van der Waals surface area contributed by atoms with Crippen LogP contribution in [0.5, 0.6) is 0 Å². The second-order valence-corrected chi connectivity index (χ2v) is 5.59. The lowest BCUT2D eigenvalue weighted by atomic mass is 10.2. The summed E-state index contributed by atoms with van der Waals surface area (Å²) in [6.07, 6.45) is 6.14. The van der Waals surface area contributed by atoms with Crippen LogP contribution in [0.1, 0.15) is 36.2 Å². The summed E-state index contributed by atoms with van der Waals surface area (Å²) in [6.45, 7) is 0. The minimum absolute atomic E-state index is 0.114. The first kappa shape index (κ1) is 14.5. The van der Waals surface area contributed by atoms with E-state index in [2.05, 4.69) is 15.3 Å². The quantitative estimate of drug-likeness (QED) is 0.942. The number of rotatable bonds is 4. The molecule has 1 saturated carbocycles. The molecule has 5 nitrogen and oxygen atoms in total. The summed E-state index contributed by atoms with van der Waals surface area (Å²) in [4.78, 5) is 22.8. The Hall–Kier alpha value is -2.43. The fourth-order valence-electron chi connectivity index (χ4n) is 2.73. The van der Waals surface area contributed by atoms with E-state index in [0.717, 1.165) is 18.5 Å². The normalized spacial score (nSPS) is 14.8. The molecule has 0 atom stereocenters. The van der Waals surface area contributed by atoms with Crippen LogP contribution in [0.15, 0.2) is 42.6 Å². The minimum atomic E-state index is -0.114. The summed E-state index contributed by atoms with van der Waals surface area (Å²) >= 11 is 0. The SMILES string of the molecule is CN(c1ccccc1)c1nccc(C(=O)NC2CCCC2)n1. The van der Waals surface area contributed by atoms with Gasteiger partial charge < -0.3 is 10.2 Å². The second kappa shape index (κ2) is 6.56. The second-order valence-electron chi connectivity index (χ2n) is 5.59. The van der Waals surface area contributed by atoms with Crippen molar-refractivity contribution in [3.8, 4) is 0 Å². The van der Waals surface area contributed by atoms with Gasteiger partial charge >= 0.3 is 0 Å². The lowest BCUT2D eigenvalue weighted by Gasteiger charge is -2.17. The van der Waals surface area contributed by atoms with Crippen LogP contribution in [0.25, 0.3) is 0 Å². The van der Waals surface area contributed by atoms with Crippen LogP contribution in [0.3, 0.4) is 0 Å². The smallest absolute Gasteiger partial charge is 0.270 e. The molecule has 2 aromatic rings. The molecule has 1 aromatic heterocycles. The van der Waals surface area contributed by atoms with E-state index in [-0.39, 0.29) is 11.9 Å². The number of hydrogen-bond acceptors (Lipinski definition) is 4. The van der Waals surface area contributed by atoms with Crippen LogP contribution in [-0.2, 0) is 0 Å². The van der Waals surface area contributed by atoms with Gasteiger partial charge in [0.2, 0.25) is 5.95 Å². The molecule has 0 bridgehead atoms. The van der Waals surface area contributed by atoms with E-state index in [1.54, 1.807) is 12.3 Å². The summed E-state index contributed by atoms with van der Waals surface area (Å²) in [5, 5.41) is 3.05. The predicted molar refractivity (Wildman–Crippen MR) is 86.3 cm³/mol. The van der Waals surface area contributed by atoms with Crippen LogP contribution in [0, 0.1) is 0 Å². The molecule has 0 saturated heterocycles. The van der Waals surface area contributed by atoms with Crippen molar-refractivity contribution < 1.29 is 4.79 Å². The molecule has 1 aliphatic rings. The molecule has 1 fully saturated rings. The summed E-state index contributed by atoms with van der Waals surface area (Å²) in [5.41, 5.74) is 1.40. The van der Waals surface area contributed by atoms with E-state index in [4.69, 9.17) is 0 Å². The molecular weight excluding hydrogens is 276 g/mol. The van der Waals surface area contributed by atoms with Gasteiger partial charge in [-0.25, -0.2) is 9.97 Å². The van der Waals surface area contributed by atoms with E-state index in [1.807, 2.05) is 42.3 Å². The summed E-state index contributed by atoms with van der Waals surface area (Å²) < 4.78 is 0. The zero-order chi connectivity index (χ0) is 15.4. The maximum absolute atomic E-state index is 12.3. The number of anilines is 2.